The van der Waals surface area contributed by atoms with E-state index >= 15 is 0 Å². The molecule has 1 aromatic heterocycles. The summed E-state index contributed by atoms with van der Waals surface area (Å²) in [6, 6.07) is 5.86. The number of carbonyl (C=O) groups excluding carboxylic acids is 2. The molecule has 2 saturated heterocycles. The van der Waals surface area contributed by atoms with Gasteiger partial charge in [-0.05, 0) is 70.6 Å². The first kappa shape index (κ1) is 23.3. The fourth-order valence-corrected chi connectivity index (χ4v) is 5.77. The van der Waals surface area contributed by atoms with Gasteiger partial charge in [-0.3, -0.25) is 4.79 Å². The number of carbonyl (C=O) groups is 2. The second kappa shape index (κ2) is 9.56. The molecule has 3 heterocycles. The highest BCUT2D eigenvalue weighted by molar-refractivity contribution is 7.18. The molecule has 0 unspecified atom stereocenters. The minimum Gasteiger partial charge on any atom is -0.444 e. The van der Waals surface area contributed by atoms with E-state index in [0.29, 0.717) is 36.4 Å². The van der Waals surface area contributed by atoms with Crippen LogP contribution in [-0.4, -0.2) is 58.6 Å². The summed E-state index contributed by atoms with van der Waals surface area (Å²) in [6.45, 7) is 8.55. The SMILES string of the molecule is CC(C)(C)OC(=O)N1CCC(CC(=O)N2CCC(c3nc4cc(Cl)ccc4s3)CC2)CC1. The number of nitrogens with zero attached hydrogens (tertiary/aromatic N) is 3. The topological polar surface area (TPSA) is 62.7 Å². The van der Waals surface area contributed by atoms with Crippen molar-refractivity contribution in [2.45, 2.75) is 64.4 Å². The lowest BCUT2D eigenvalue weighted by molar-refractivity contribution is -0.133. The minimum atomic E-state index is -0.478. The van der Waals surface area contributed by atoms with Gasteiger partial charge in [-0.25, -0.2) is 9.78 Å². The third kappa shape index (κ3) is 5.73. The Labute approximate surface area is 198 Å². The van der Waals surface area contributed by atoms with Crippen molar-refractivity contribution in [1.29, 1.82) is 0 Å². The summed E-state index contributed by atoms with van der Waals surface area (Å²) >= 11 is 7.83. The molecule has 0 saturated carbocycles. The van der Waals surface area contributed by atoms with Crippen LogP contribution in [0.15, 0.2) is 18.2 Å². The monoisotopic (exact) mass is 477 g/mol. The smallest absolute Gasteiger partial charge is 0.410 e. The largest absolute Gasteiger partial charge is 0.444 e. The van der Waals surface area contributed by atoms with Crippen molar-refractivity contribution in [1.82, 2.24) is 14.8 Å². The summed E-state index contributed by atoms with van der Waals surface area (Å²) < 4.78 is 6.63. The van der Waals surface area contributed by atoms with E-state index in [2.05, 4.69) is 0 Å². The van der Waals surface area contributed by atoms with E-state index in [4.69, 9.17) is 21.3 Å². The van der Waals surface area contributed by atoms with Crippen LogP contribution in [0.4, 0.5) is 4.79 Å². The maximum Gasteiger partial charge on any atom is 0.410 e. The average Bonchev–Trinajstić information content (AvgIpc) is 3.16. The molecular formula is C24H32ClN3O3S. The fourth-order valence-electron chi connectivity index (χ4n) is 4.49. The maximum absolute atomic E-state index is 12.9. The lowest BCUT2D eigenvalue weighted by Crippen LogP contribution is -2.43. The number of amides is 2. The van der Waals surface area contributed by atoms with Gasteiger partial charge in [-0.15, -0.1) is 11.3 Å². The Hall–Kier alpha value is -1.86. The Morgan fingerprint density at radius 1 is 1.09 bits per heavy atom. The van der Waals surface area contributed by atoms with E-state index < -0.39 is 5.60 Å². The van der Waals surface area contributed by atoms with E-state index in [9.17, 15) is 9.59 Å². The summed E-state index contributed by atoms with van der Waals surface area (Å²) in [5.41, 5.74) is 0.489. The maximum atomic E-state index is 12.9. The van der Waals surface area contributed by atoms with Gasteiger partial charge in [0.05, 0.1) is 15.2 Å². The summed E-state index contributed by atoms with van der Waals surface area (Å²) in [7, 11) is 0. The highest BCUT2D eigenvalue weighted by Crippen LogP contribution is 2.35. The number of ether oxygens (including phenoxy) is 1. The van der Waals surface area contributed by atoms with Crippen LogP contribution < -0.4 is 0 Å². The summed E-state index contributed by atoms with van der Waals surface area (Å²) in [5.74, 6) is 0.996. The van der Waals surface area contributed by atoms with Gasteiger partial charge < -0.3 is 14.5 Å². The number of halogens is 1. The highest BCUT2D eigenvalue weighted by Gasteiger charge is 2.30. The minimum absolute atomic E-state index is 0.246. The molecule has 0 radical (unpaired) electrons. The van der Waals surface area contributed by atoms with Crippen LogP contribution in [0.2, 0.25) is 5.02 Å². The van der Waals surface area contributed by atoms with Crippen LogP contribution in [0, 0.1) is 5.92 Å². The summed E-state index contributed by atoms with van der Waals surface area (Å²) in [5, 5.41) is 1.87. The Bertz CT molecular complexity index is 971. The zero-order valence-corrected chi connectivity index (χ0v) is 20.7. The van der Waals surface area contributed by atoms with Crippen LogP contribution in [0.25, 0.3) is 10.2 Å². The third-order valence-corrected chi connectivity index (χ3v) is 7.73. The molecule has 0 N–H and O–H groups in total. The lowest BCUT2D eigenvalue weighted by Gasteiger charge is -2.35. The molecule has 32 heavy (non-hydrogen) atoms. The van der Waals surface area contributed by atoms with Crippen LogP contribution >= 0.6 is 22.9 Å². The fraction of sp³-hybridized carbons (Fsp3) is 0.625. The molecule has 0 bridgehead atoms. The molecule has 0 spiro atoms. The number of aromatic nitrogens is 1. The molecule has 6 nitrogen and oxygen atoms in total. The van der Waals surface area contributed by atoms with Crippen molar-refractivity contribution in [3.05, 3.63) is 28.2 Å². The second-order valence-corrected chi connectivity index (χ2v) is 11.4. The van der Waals surface area contributed by atoms with E-state index in [1.54, 1.807) is 16.2 Å². The summed E-state index contributed by atoms with van der Waals surface area (Å²) in [6.07, 6.45) is 3.95. The van der Waals surface area contributed by atoms with Gasteiger partial charge in [0, 0.05) is 43.5 Å². The number of likely N-dealkylation sites (tertiary alicyclic amines) is 2. The molecule has 2 amide bonds. The van der Waals surface area contributed by atoms with Crippen molar-refractivity contribution in [3.63, 3.8) is 0 Å². The molecular weight excluding hydrogens is 446 g/mol. The first-order valence-corrected chi connectivity index (χ1v) is 12.7. The Morgan fingerprint density at radius 2 is 1.75 bits per heavy atom. The molecule has 2 fully saturated rings. The van der Waals surface area contributed by atoms with E-state index in [0.717, 1.165) is 49.3 Å². The predicted molar refractivity (Wildman–Crippen MR) is 128 cm³/mol. The molecule has 2 aromatic rings. The van der Waals surface area contributed by atoms with Crippen molar-refractivity contribution in [3.8, 4) is 0 Å². The predicted octanol–water partition coefficient (Wildman–Crippen LogP) is 5.69. The van der Waals surface area contributed by atoms with Gasteiger partial charge in [-0.2, -0.15) is 0 Å². The number of piperidine rings is 2. The number of rotatable bonds is 3. The van der Waals surface area contributed by atoms with Crippen molar-refractivity contribution in [2.75, 3.05) is 26.2 Å². The second-order valence-electron chi connectivity index (χ2n) is 9.93. The molecule has 4 rings (SSSR count). The van der Waals surface area contributed by atoms with Crippen molar-refractivity contribution in [2.24, 2.45) is 5.92 Å². The first-order valence-electron chi connectivity index (χ1n) is 11.5. The highest BCUT2D eigenvalue weighted by atomic mass is 35.5. The van der Waals surface area contributed by atoms with Crippen LogP contribution in [0.5, 0.6) is 0 Å². The molecule has 1 aromatic carbocycles. The molecule has 0 aliphatic carbocycles. The number of thiazole rings is 1. The molecule has 174 valence electrons. The third-order valence-electron chi connectivity index (χ3n) is 6.29. The average molecular weight is 478 g/mol. The number of fused-ring (bicyclic) bond motifs is 1. The normalized spacial score (nSPS) is 18.9. The quantitative estimate of drug-likeness (QED) is 0.569. The van der Waals surface area contributed by atoms with E-state index in [1.807, 2.05) is 43.9 Å². The molecule has 8 heteroatoms. The number of benzene rings is 1. The lowest BCUT2D eigenvalue weighted by atomic mass is 9.92. The van der Waals surface area contributed by atoms with Crippen molar-refractivity contribution >= 4 is 45.2 Å². The van der Waals surface area contributed by atoms with Crippen LogP contribution in [0.3, 0.4) is 0 Å². The van der Waals surface area contributed by atoms with Crippen molar-refractivity contribution < 1.29 is 14.3 Å². The Kier molecular flexibility index (Phi) is 6.96. The molecule has 2 aliphatic heterocycles. The molecule has 0 atom stereocenters. The van der Waals surface area contributed by atoms with Crippen LogP contribution in [-0.2, 0) is 9.53 Å². The first-order chi connectivity index (χ1) is 15.2. The molecule has 2 aliphatic rings. The van der Waals surface area contributed by atoms with E-state index in [-0.39, 0.29) is 12.0 Å². The standard InChI is InChI=1S/C24H32ClN3O3S/c1-24(2,3)31-23(30)28-10-6-16(7-11-28)14-21(29)27-12-8-17(9-13-27)22-26-19-15-18(25)4-5-20(19)32-22/h4-5,15-17H,6-14H2,1-3H3. The van der Waals surface area contributed by atoms with Gasteiger partial charge in [0.15, 0.2) is 0 Å². The number of hydrogen-bond acceptors (Lipinski definition) is 5. The Balaban J connectivity index is 1.23. The van der Waals surface area contributed by atoms with Gasteiger partial charge in [0.2, 0.25) is 5.91 Å². The van der Waals surface area contributed by atoms with Gasteiger partial charge in [-0.1, -0.05) is 11.6 Å². The van der Waals surface area contributed by atoms with E-state index in [1.165, 1.54) is 4.70 Å². The van der Waals surface area contributed by atoms with Crippen LogP contribution in [0.1, 0.15) is 63.8 Å². The zero-order chi connectivity index (χ0) is 22.9. The Morgan fingerprint density at radius 3 is 2.41 bits per heavy atom. The summed E-state index contributed by atoms with van der Waals surface area (Å²) in [4.78, 5) is 33.7. The number of hydrogen-bond donors (Lipinski definition) is 0. The van der Waals surface area contributed by atoms with Gasteiger partial charge in [0.25, 0.3) is 0 Å². The van der Waals surface area contributed by atoms with Gasteiger partial charge in [0.1, 0.15) is 5.60 Å². The van der Waals surface area contributed by atoms with Gasteiger partial charge >= 0.3 is 6.09 Å². The zero-order valence-electron chi connectivity index (χ0n) is 19.1.